The van der Waals surface area contributed by atoms with Gasteiger partial charge in [-0.15, -0.1) is 0 Å². The van der Waals surface area contributed by atoms with Gasteiger partial charge in [0.1, 0.15) is 11.8 Å². The first kappa shape index (κ1) is 29.7. The van der Waals surface area contributed by atoms with Crippen molar-refractivity contribution in [1.82, 2.24) is 15.3 Å². The highest BCUT2D eigenvalue weighted by Gasteiger charge is 2.53. The normalized spacial score (nSPS) is 21.4. The van der Waals surface area contributed by atoms with Crippen LogP contribution in [0, 0.1) is 40.4 Å². The maximum atomic E-state index is 12.7. The number of aliphatic hydroxyl groups is 1. The highest BCUT2D eigenvalue weighted by Crippen LogP contribution is 2.53. The summed E-state index contributed by atoms with van der Waals surface area (Å²) in [5, 5.41) is 30.7. The highest BCUT2D eigenvalue weighted by molar-refractivity contribution is 6.32. The number of aromatic hydroxyl groups is 1. The quantitative estimate of drug-likeness (QED) is 0.492. The molecule has 206 valence electrons. The van der Waals surface area contributed by atoms with Gasteiger partial charge in [0, 0.05) is 43.7 Å². The smallest absolute Gasteiger partial charge is 0.254 e. The third-order valence-electron chi connectivity index (χ3n) is 8.08. The maximum absolute atomic E-state index is 12.7. The molecule has 0 spiro atoms. The average molecular weight is 542 g/mol. The lowest BCUT2D eigenvalue weighted by atomic mass is 9.52. The van der Waals surface area contributed by atoms with Crippen molar-refractivity contribution >= 4 is 23.5 Å². The lowest BCUT2D eigenvalue weighted by molar-refractivity contribution is -0.0366. The molecular weight excluding hydrogens is 502 g/mol. The molecule has 2 aromatic rings. The van der Waals surface area contributed by atoms with E-state index in [1.807, 2.05) is 6.07 Å². The number of halogens is 1. The zero-order valence-electron chi connectivity index (χ0n) is 23.5. The van der Waals surface area contributed by atoms with Crippen LogP contribution in [0.1, 0.15) is 75.9 Å². The largest absolute Gasteiger partial charge is 0.508 e. The van der Waals surface area contributed by atoms with Crippen LogP contribution in [0.3, 0.4) is 0 Å². The minimum Gasteiger partial charge on any atom is -0.508 e. The number of hydrogen-bond donors (Lipinski definition) is 3. The van der Waals surface area contributed by atoms with Crippen LogP contribution in [0.4, 0.5) is 5.95 Å². The Morgan fingerprint density at radius 3 is 2.26 bits per heavy atom. The molecule has 1 atom stereocenters. The standard InChI is InChI=1S/C21H34N4O2.C8H6ClNO/c1-19(2)12-20(3,4)17(19)24-16(27)14-9-22-18(23-10-14)25-8-7-15(11-26)21(5,6)13-25;1-5-7(11)3-2-6(4-10)8(5)9/h9-10,15,17,26H,7-8,11-13H2,1-6H3,(H,24,27);2-3,11H,1H3. The second kappa shape index (κ2) is 11.1. The molecule has 1 amide bonds. The number of benzene rings is 1. The van der Waals surface area contributed by atoms with Gasteiger partial charge >= 0.3 is 0 Å². The van der Waals surface area contributed by atoms with E-state index in [0.29, 0.717) is 33.6 Å². The number of phenols is 1. The lowest BCUT2D eigenvalue weighted by Crippen LogP contribution is -2.63. The Hall–Kier alpha value is -2.89. The summed E-state index contributed by atoms with van der Waals surface area (Å²) in [4.78, 5) is 23.7. The number of amides is 1. The molecule has 1 saturated heterocycles. The van der Waals surface area contributed by atoms with Crippen LogP contribution in [-0.4, -0.2) is 51.8 Å². The molecular formula is C29H40ClN5O3. The molecule has 9 heteroatoms. The number of hydrogen-bond acceptors (Lipinski definition) is 7. The Morgan fingerprint density at radius 2 is 1.76 bits per heavy atom. The minimum absolute atomic E-state index is 0.00773. The van der Waals surface area contributed by atoms with Crippen molar-refractivity contribution in [3.05, 3.63) is 46.2 Å². The average Bonchev–Trinajstić information content (AvgIpc) is 2.85. The molecule has 1 aliphatic carbocycles. The Balaban J connectivity index is 0.000000304. The van der Waals surface area contributed by atoms with Crippen LogP contribution in [0.2, 0.25) is 5.02 Å². The summed E-state index contributed by atoms with van der Waals surface area (Å²) in [6.07, 6.45) is 5.27. The van der Waals surface area contributed by atoms with Crippen molar-refractivity contribution in [3.63, 3.8) is 0 Å². The molecule has 38 heavy (non-hydrogen) atoms. The number of anilines is 1. The SMILES string of the molecule is CC1(C)CN(c2ncc(C(=O)NC3C(C)(C)CC3(C)C)cn2)CCC1CO.Cc1c(O)ccc(C#N)c1Cl. The lowest BCUT2D eigenvalue weighted by Gasteiger charge is -2.57. The second-order valence-corrected chi connectivity index (χ2v) is 13.0. The van der Waals surface area contributed by atoms with Crippen molar-refractivity contribution in [2.75, 3.05) is 24.6 Å². The highest BCUT2D eigenvalue weighted by atomic mass is 35.5. The molecule has 1 aromatic carbocycles. The van der Waals surface area contributed by atoms with Gasteiger partial charge in [-0.25, -0.2) is 9.97 Å². The Bertz CT molecular complexity index is 1190. The zero-order chi connectivity index (χ0) is 28.5. The molecule has 2 aliphatic rings. The Morgan fingerprint density at radius 1 is 1.16 bits per heavy atom. The molecule has 0 radical (unpaired) electrons. The number of phenolic OH excluding ortho intramolecular Hbond substituents is 1. The van der Waals surface area contributed by atoms with E-state index in [-0.39, 0.29) is 40.6 Å². The molecule has 2 heterocycles. The molecule has 1 aliphatic heterocycles. The Kier molecular flexibility index (Phi) is 8.64. The van der Waals surface area contributed by atoms with Crippen molar-refractivity contribution in [3.8, 4) is 11.8 Å². The monoisotopic (exact) mass is 541 g/mol. The van der Waals surface area contributed by atoms with Crippen LogP contribution >= 0.6 is 11.6 Å². The number of rotatable bonds is 4. The molecule has 2 fully saturated rings. The van der Waals surface area contributed by atoms with Crippen LogP contribution in [0.15, 0.2) is 24.5 Å². The zero-order valence-corrected chi connectivity index (χ0v) is 24.2. The van der Waals surface area contributed by atoms with Crippen LogP contribution in [0.5, 0.6) is 5.75 Å². The summed E-state index contributed by atoms with van der Waals surface area (Å²) in [5.74, 6) is 0.967. The number of carbonyl (C=O) groups excluding carboxylic acids is 1. The minimum atomic E-state index is -0.105. The maximum Gasteiger partial charge on any atom is 0.254 e. The van der Waals surface area contributed by atoms with Gasteiger partial charge in [-0.3, -0.25) is 4.79 Å². The van der Waals surface area contributed by atoms with Crippen LogP contribution < -0.4 is 10.2 Å². The van der Waals surface area contributed by atoms with Crippen LogP contribution in [0.25, 0.3) is 0 Å². The summed E-state index contributed by atoms with van der Waals surface area (Å²) in [6, 6.07) is 5.02. The molecule has 0 bridgehead atoms. The van der Waals surface area contributed by atoms with E-state index in [2.05, 4.69) is 61.7 Å². The first-order valence-corrected chi connectivity index (χ1v) is 13.4. The number of nitrogens with zero attached hydrogens (tertiary/aromatic N) is 4. The first-order valence-electron chi connectivity index (χ1n) is 13.0. The summed E-state index contributed by atoms with van der Waals surface area (Å²) in [6.45, 7) is 16.6. The predicted octanol–water partition coefficient (Wildman–Crippen LogP) is 5.10. The number of nitrogens with one attached hydrogen (secondary N) is 1. The summed E-state index contributed by atoms with van der Waals surface area (Å²) >= 11 is 5.72. The molecule has 8 nitrogen and oxygen atoms in total. The van der Waals surface area contributed by atoms with E-state index < -0.39 is 0 Å². The summed E-state index contributed by atoms with van der Waals surface area (Å²) in [5.41, 5.74) is 1.67. The summed E-state index contributed by atoms with van der Waals surface area (Å²) < 4.78 is 0. The number of aliphatic hydroxyl groups excluding tert-OH is 1. The number of nitriles is 1. The van der Waals surface area contributed by atoms with E-state index >= 15 is 0 Å². The van der Waals surface area contributed by atoms with Gasteiger partial charge in [0.2, 0.25) is 5.95 Å². The van der Waals surface area contributed by atoms with Gasteiger partial charge in [0.25, 0.3) is 5.91 Å². The van der Waals surface area contributed by atoms with E-state index in [1.54, 1.807) is 19.3 Å². The predicted molar refractivity (Wildman–Crippen MR) is 149 cm³/mol. The van der Waals surface area contributed by atoms with Crippen molar-refractivity contribution < 1.29 is 15.0 Å². The Labute approximate surface area is 231 Å². The van der Waals surface area contributed by atoms with Gasteiger partial charge in [0.05, 0.1) is 16.1 Å². The van der Waals surface area contributed by atoms with E-state index in [4.69, 9.17) is 22.0 Å². The van der Waals surface area contributed by atoms with E-state index in [1.165, 1.54) is 12.1 Å². The van der Waals surface area contributed by atoms with Crippen LogP contribution in [-0.2, 0) is 0 Å². The van der Waals surface area contributed by atoms with Gasteiger partial charge in [-0.2, -0.15) is 5.26 Å². The topological polar surface area (TPSA) is 122 Å². The number of aromatic nitrogens is 2. The van der Waals surface area contributed by atoms with Gasteiger partial charge < -0.3 is 20.4 Å². The number of piperidine rings is 1. The molecule has 4 rings (SSSR count). The fourth-order valence-corrected chi connectivity index (χ4v) is 6.39. The second-order valence-electron chi connectivity index (χ2n) is 12.6. The molecule has 1 unspecified atom stereocenters. The summed E-state index contributed by atoms with van der Waals surface area (Å²) in [7, 11) is 0. The van der Waals surface area contributed by atoms with E-state index in [0.717, 1.165) is 25.9 Å². The van der Waals surface area contributed by atoms with Crippen molar-refractivity contribution in [2.45, 2.75) is 67.3 Å². The van der Waals surface area contributed by atoms with Crippen molar-refractivity contribution in [2.24, 2.45) is 22.2 Å². The molecule has 3 N–H and O–H groups in total. The third kappa shape index (κ3) is 6.22. The van der Waals surface area contributed by atoms with Gasteiger partial charge in [-0.05, 0) is 54.1 Å². The fourth-order valence-electron chi connectivity index (χ4n) is 6.18. The first-order chi connectivity index (χ1) is 17.6. The third-order valence-corrected chi connectivity index (χ3v) is 8.57. The molecule has 1 saturated carbocycles. The fraction of sp³-hybridized carbons (Fsp3) is 0.586. The van der Waals surface area contributed by atoms with Crippen molar-refractivity contribution in [1.29, 1.82) is 5.26 Å². The van der Waals surface area contributed by atoms with Gasteiger partial charge in [0.15, 0.2) is 0 Å². The molecule has 1 aromatic heterocycles. The number of carbonyl (C=O) groups is 1. The van der Waals surface area contributed by atoms with E-state index in [9.17, 15) is 9.90 Å². The van der Waals surface area contributed by atoms with Gasteiger partial charge in [-0.1, -0.05) is 53.1 Å².